The number of anilines is 2. The molecule has 0 radical (unpaired) electrons. The van der Waals surface area contributed by atoms with Crippen LogP contribution in [-0.4, -0.2) is 29.7 Å². The first-order chi connectivity index (χ1) is 13.5. The molecule has 2 heterocycles. The van der Waals surface area contributed by atoms with Gasteiger partial charge in [0.05, 0.1) is 11.9 Å². The van der Waals surface area contributed by atoms with Crippen molar-refractivity contribution in [3.8, 4) is 0 Å². The highest BCUT2D eigenvalue weighted by Crippen LogP contribution is 2.25. The van der Waals surface area contributed by atoms with Crippen LogP contribution in [0.1, 0.15) is 32.3 Å². The number of thiocarbonyl (C=S) groups is 1. The van der Waals surface area contributed by atoms with E-state index in [1.165, 1.54) is 18.6 Å². The Balaban J connectivity index is 1.41. The van der Waals surface area contributed by atoms with Gasteiger partial charge in [-0.2, -0.15) is 0 Å². The Morgan fingerprint density at radius 1 is 1.14 bits per heavy atom. The third kappa shape index (κ3) is 6.16. The first-order valence-corrected chi connectivity index (χ1v) is 10.4. The van der Waals surface area contributed by atoms with Crippen LogP contribution in [0.15, 0.2) is 42.6 Å². The molecule has 1 aromatic carbocycles. The number of nitrogens with zero attached hydrogens (tertiary/aromatic N) is 2. The molecule has 1 saturated heterocycles. The van der Waals surface area contributed by atoms with Crippen molar-refractivity contribution < 1.29 is 4.39 Å². The fraction of sp³-hybridized carbons (Fsp3) is 0.455. The van der Waals surface area contributed by atoms with E-state index in [9.17, 15) is 4.39 Å². The molecule has 28 heavy (non-hydrogen) atoms. The standard InChI is InChI=1S/C22H29FN4S/c1-16-12-17(2)15-27(14-16)21-10-9-20(13-25-21)26-22(28)24-11-3-4-18-5-7-19(23)8-6-18/h5-10,13,16-17H,3-4,11-12,14-15H2,1-2H3,(H2,24,26,28)/t16-,17+. The van der Waals surface area contributed by atoms with Crippen molar-refractivity contribution in [2.45, 2.75) is 33.1 Å². The lowest BCUT2D eigenvalue weighted by Gasteiger charge is -2.35. The lowest BCUT2D eigenvalue weighted by Crippen LogP contribution is -2.39. The van der Waals surface area contributed by atoms with E-state index >= 15 is 0 Å². The molecular weight excluding hydrogens is 371 g/mol. The molecular formula is C22H29FN4S. The number of aromatic nitrogens is 1. The van der Waals surface area contributed by atoms with Crippen molar-refractivity contribution in [2.24, 2.45) is 11.8 Å². The molecule has 0 aliphatic carbocycles. The van der Waals surface area contributed by atoms with Crippen molar-refractivity contribution in [1.82, 2.24) is 10.3 Å². The van der Waals surface area contributed by atoms with Crippen molar-refractivity contribution in [3.05, 3.63) is 54.0 Å². The molecule has 0 amide bonds. The van der Waals surface area contributed by atoms with Gasteiger partial charge in [-0.1, -0.05) is 26.0 Å². The topological polar surface area (TPSA) is 40.2 Å². The Morgan fingerprint density at radius 2 is 1.86 bits per heavy atom. The summed E-state index contributed by atoms with van der Waals surface area (Å²) in [5.41, 5.74) is 2.01. The summed E-state index contributed by atoms with van der Waals surface area (Å²) >= 11 is 5.36. The molecule has 1 aliphatic heterocycles. The minimum Gasteiger partial charge on any atom is -0.362 e. The maximum atomic E-state index is 12.9. The molecule has 6 heteroatoms. The van der Waals surface area contributed by atoms with Crippen LogP contribution in [0.25, 0.3) is 0 Å². The number of piperidine rings is 1. The average Bonchev–Trinajstić information content (AvgIpc) is 2.66. The van der Waals surface area contributed by atoms with Gasteiger partial charge in [0.2, 0.25) is 0 Å². The molecule has 0 bridgehead atoms. The highest BCUT2D eigenvalue weighted by Gasteiger charge is 2.22. The lowest BCUT2D eigenvalue weighted by atomic mass is 9.92. The van der Waals surface area contributed by atoms with Crippen LogP contribution in [0.5, 0.6) is 0 Å². The average molecular weight is 401 g/mol. The number of aryl methyl sites for hydroxylation is 1. The maximum absolute atomic E-state index is 12.9. The summed E-state index contributed by atoms with van der Waals surface area (Å²) in [6, 6.07) is 10.7. The molecule has 150 valence electrons. The maximum Gasteiger partial charge on any atom is 0.170 e. The van der Waals surface area contributed by atoms with E-state index in [1.807, 2.05) is 24.4 Å². The van der Waals surface area contributed by atoms with E-state index in [2.05, 4.69) is 40.4 Å². The lowest BCUT2D eigenvalue weighted by molar-refractivity contribution is 0.355. The third-order valence-electron chi connectivity index (χ3n) is 5.04. The van der Waals surface area contributed by atoms with Gasteiger partial charge in [-0.3, -0.25) is 0 Å². The number of hydrogen-bond acceptors (Lipinski definition) is 3. The minimum absolute atomic E-state index is 0.198. The van der Waals surface area contributed by atoms with Crippen molar-refractivity contribution in [1.29, 1.82) is 0 Å². The molecule has 4 nitrogen and oxygen atoms in total. The quantitative estimate of drug-likeness (QED) is 0.547. The first-order valence-electron chi connectivity index (χ1n) is 10.00. The van der Waals surface area contributed by atoms with Gasteiger partial charge in [0.25, 0.3) is 0 Å². The van der Waals surface area contributed by atoms with Crippen LogP contribution in [0.4, 0.5) is 15.9 Å². The summed E-state index contributed by atoms with van der Waals surface area (Å²) in [6.07, 6.45) is 4.94. The third-order valence-corrected chi connectivity index (χ3v) is 5.29. The van der Waals surface area contributed by atoms with Crippen molar-refractivity contribution in [2.75, 3.05) is 29.9 Å². The summed E-state index contributed by atoms with van der Waals surface area (Å²) in [4.78, 5) is 6.98. The summed E-state index contributed by atoms with van der Waals surface area (Å²) in [7, 11) is 0. The fourth-order valence-electron chi connectivity index (χ4n) is 3.82. The molecule has 2 N–H and O–H groups in total. The predicted molar refractivity (Wildman–Crippen MR) is 118 cm³/mol. The molecule has 1 aromatic heterocycles. The van der Waals surface area contributed by atoms with Crippen LogP contribution < -0.4 is 15.5 Å². The second kappa shape index (κ2) is 9.82. The van der Waals surface area contributed by atoms with E-state index < -0.39 is 0 Å². The summed E-state index contributed by atoms with van der Waals surface area (Å²) in [6.45, 7) is 7.51. The normalized spacial score (nSPS) is 19.3. The van der Waals surface area contributed by atoms with Crippen LogP contribution in [0, 0.1) is 17.7 Å². The summed E-state index contributed by atoms with van der Waals surface area (Å²) in [5.74, 6) is 2.24. The second-order valence-electron chi connectivity index (χ2n) is 7.87. The van der Waals surface area contributed by atoms with Crippen molar-refractivity contribution in [3.63, 3.8) is 0 Å². The van der Waals surface area contributed by atoms with Crippen LogP contribution in [0.3, 0.4) is 0 Å². The zero-order valence-electron chi connectivity index (χ0n) is 16.6. The predicted octanol–water partition coefficient (Wildman–Crippen LogP) is 4.62. The monoisotopic (exact) mass is 400 g/mol. The van der Waals surface area contributed by atoms with Gasteiger partial charge >= 0.3 is 0 Å². The first kappa shape index (κ1) is 20.5. The van der Waals surface area contributed by atoms with E-state index in [4.69, 9.17) is 12.2 Å². The SMILES string of the molecule is C[C@@H]1C[C@H](C)CN(c2ccc(NC(=S)NCCCc3ccc(F)cc3)cn2)C1. The van der Waals surface area contributed by atoms with E-state index in [1.54, 1.807) is 0 Å². The summed E-state index contributed by atoms with van der Waals surface area (Å²) in [5, 5.41) is 6.99. The Labute approximate surface area is 172 Å². The Kier molecular flexibility index (Phi) is 7.20. The Bertz CT molecular complexity index is 753. The zero-order chi connectivity index (χ0) is 19.9. The molecule has 1 aliphatic rings. The number of rotatable bonds is 6. The van der Waals surface area contributed by atoms with Gasteiger partial charge in [-0.25, -0.2) is 9.37 Å². The van der Waals surface area contributed by atoms with Crippen molar-refractivity contribution >= 4 is 28.8 Å². The number of hydrogen-bond donors (Lipinski definition) is 2. The van der Waals surface area contributed by atoms with Gasteiger partial charge < -0.3 is 15.5 Å². The number of nitrogens with one attached hydrogen (secondary N) is 2. The van der Waals surface area contributed by atoms with E-state index in [0.717, 1.165) is 49.5 Å². The Hall–Kier alpha value is -2.21. The largest absolute Gasteiger partial charge is 0.362 e. The molecule has 1 fully saturated rings. The van der Waals surface area contributed by atoms with E-state index in [0.29, 0.717) is 16.9 Å². The minimum atomic E-state index is -0.198. The highest BCUT2D eigenvalue weighted by atomic mass is 32.1. The molecule has 0 saturated carbocycles. The van der Waals surface area contributed by atoms with E-state index in [-0.39, 0.29) is 5.82 Å². The zero-order valence-corrected chi connectivity index (χ0v) is 17.4. The summed E-state index contributed by atoms with van der Waals surface area (Å²) < 4.78 is 12.9. The van der Waals surface area contributed by atoms with Gasteiger partial charge in [0.1, 0.15) is 11.6 Å². The number of pyridine rings is 1. The number of benzene rings is 1. The fourth-order valence-corrected chi connectivity index (χ4v) is 4.04. The van der Waals surface area contributed by atoms with Gasteiger partial charge in [-0.05, 0) is 73.1 Å². The van der Waals surface area contributed by atoms with Crippen LogP contribution in [0.2, 0.25) is 0 Å². The Morgan fingerprint density at radius 3 is 2.50 bits per heavy atom. The molecule has 2 aromatic rings. The molecule has 0 spiro atoms. The van der Waals surface area contributed by atoms with Gasteiger partial charge in [0, 0.05) is 19.6 Å². The van der Waals surface area contributed by atoms with Crippen LogP contribution >= 0.6 is 12.2 Å². The van der Waals surface area contributed by atoms with Gasteiger partial charge in [-0.15, -0.1) is 0 Å². The second-order valence-corrected chi connectivity index (χ2v) is 8.28. The molecule has 2 atom stereocenters. The van der Waals surface area contributed by atoms with Gasteiger partial charge in [0.15, 0.2) is 5.11 Å². The smallest absolute Gasteiger partial charge is 0.170 e. The molecule has 3 rings (SSSR count). The molecule has 0 unspecified atom stereocenters. The van der Waals surface area contributed by atoms with Crippen LogP contribution in [-0.2, 0) is 6.42 Å². The highest BCUT2D eigenvalue weighted by molar-refractivity contribution is 7.80. The number of halogens is 1.